The van der Waals surface area contributed by atoms with Gasteiger partial charge in [-0.1, -0.05) is 17.7 Å². The van der Waals surface area contributed by atoms with Gasteiger partial charge in [0.15, 0.2) is 0 Å². The predicted octanol–water partition coefficient (Wildman–Crippen LogP) is 3.21. The Morgan fingerprint density at radius 2 is 2.00 bits per heavy atom. The Kier molecular flexibility index (Phi) is 4.27. The molecular weight excluding hydrogens is 258 g/mol. The predicted molar refractivity (Wildman–Crippen MR) is 80.4 cm³/mol. The molecule has 1 aromatic carbocycles. The highest BCUT2D eigenvalue weighted by atomic mass is 35.5. The minimum Gasteiger partial charge on any atom is -0.319 e. The number of aryl methyl sites for hydroxylation is 2. The topological polar surface area (TPSA) is 29.9 Å². The summed E-state index contributed by atoms with van der Waals surface area (Å²) in [5, 5.41) is 8.59. The summed E-state index contributed by atoms with van der Waals surface area (Å²) in [6.45, 7) is 7.14. The molecule has 0 aliphatic carbocycles. The van der Waals surface area contributed by atoms with Crippen LogP contribution >= 0.6 is 11.6 Å². The fourth-order valence-electron chi connectivity index (χ4n) is 2.25. The van der Waals surface area contributed by atoms with Crippen LogP contribution in [0.4, 0.5) is 0 Å². The lowest BCUT2D eigenvalue weighted by molar-refractivity contribution is 0.783. The molecule has 0 radical (unpaired) electrons. The molecule has 0 atom stereocenters. The average Bonchev–Trinajstić information content (AvgIpc) is 2.66. The number of hydrogen-bond donors (Lipinski definition) is 1. The fraction of sp³-hybridized carbons (Fsp3) is 0.400. The second-order valence-corrected chi connectivity index (χ2v) is 5.26. The van der Waals surface area contributed by atoms with Crippen LogP contribution in [-0.2, 0) is 6.42 Å². The van der Waals surface area contributed by atoms with Gasteiger partial charge in [-0.3, -0.25) is 0 Å². The first-order valence-corrected chi connectivity index (χ1v) is 6.88. The zero-order chi connectivity index (χ0) is 14.0. The van der Waals surface area contributed by atoms with Crippen LogP contribution < -0.4 is 5.32 Å². The van der Waals surface area contributed by atoms with E-state index in [0.29, 0.717) is 0 Å². The molecule has 4 heteroatoms. The van der Waals surface area contributed by atoms with Crippen LogP contribution in [0.3, 0.4) is 0 Å². The van der Waals surface area contributed by atoms with Gasteiger partial charge in [0, 0.05) is 10.7 Å². The molecule has 19 heavy (non-hydrogen) atoms. The Balaban J connectivity index is 2.42. The highest BCUT2D eigenvalue weighted by molar-refractivity contribution is 6.31. The summed E-state index contributed by atoms with van der Waals surface area (Å²) in [4.78, 5) is 0. The number of rotatable bonds is 4. The Morgan fingerprint density at radius 1 is 1.26 bits per heavy atom. The molecule has 2 rings (SSSR count). The smallest absolute Gasteiger partial charge is 0.0663 e. The van der Waals surface area contributed by atoms with Crippen molar-refractivity contribution >= 4 is 11.6 Å². The van der Waals surface area contributed by atoms with E-state index < -0.39 is 0 Å². The summed E-state index contributed by atoms with van der Waals surface area (Å²) < 4.78 is 1.98. The van der Waals surface area contributed by atoms with Gasteiger partial charge in [-0.25, -0.2) is 4.68 Å². The van der Waals surface area contributed by atoms with E-state index in [9.17, 15) is 0 Å². The Labute approximate surface area is 119 Å². The third kappa shape index (κ3) is 2.82. The van der Waals surface area contributed by atoms with Gasteiger partial charge in [0.25, 0.3) is 0 Å². The molecule has 0 unspecified atom stereocenters. The van der Waals surface area contributed by atoms with Crippen molar-refractivity contribution in [3.8, 4) is 5.69 Å². The quantitative estimate of drug-likeness (QED) is 0.930. The molecule has 102 valence electrons. The number of benzene rings is 1. The summed E-state index contributed by atoms with van der Waals surface area (Å²) in [5.41, 5.74) is 5.69. The van der Waals surface area contributed by atoms with Crippen molar-refractivity contribution in [1.29, 1.82) is 0 Å². The molecule has 0 aliphatic heterocycles. The van der Waals surface area contributed by atoms with Gasteiger partial charge in [0.2, 0.25) is 0 Å². The number of halogens is 1. The standard InChI is InChI=1S/C15H20ClN3/c1-10-5-6-13(9-15(10)16)19-12(3)14(7-8-17-4)11(2)18-19/h5-6,9,17H,7-8H2,1-4H3. The molecule has 0 amide bonds. The molecule has 1 aromatic heterocycles. The lowest BCUT2D eigenvalue weighted by Gasteiger charge is -2.07. The zero-order valence-corrected chi connectivity index (χ0v) is 12.7. The van der Waals surface area contributed by atoms with Crippen molar-refractivity contribution in [2.75, 3.05) is 13.6 Å². The minimum atomic E-state index is 0.779. The highest BCUT2D eigenvalue weighted by Crippen LogP contribution is 2.22. The van der Waals surface area contributed by atoms with Gasteiger partial charge in [-0.15, -0.1) is 0 Å². The van der Waals surface area contributed by atoms with Gasteiger partial charge < -0.3 is 5.32 Å². The van der Waals surface area contributed by atoms with Crippen LogP contribution in [0, 0.1) is 20.8 Å². The van der Waals surface area contributed by atoms with Crippen LogP contribution in [0.15, 0.2) is 18.2 Å². The van der Waals surface area contributed by atoms with Crippen molar-refractivity contribution in [2.45, 2.75) is 27.2 Å². The summed E-state index contributed by atoms with van der Waals surface area (Å²) in [5.74, 6) is 0. The van der Waals surface area contributed by atoms with E-state index in [-0.39, 0.29) is 0 Å². The van der Waals surface area contributed by atoms with E-state index in [1.807, 2.05) is 30.8 Å². The second-order valence-electron chi connectivity index (χ2n) is 4.85. The molecule has 0 fully saturated rings. The van der Waals surface area contributed by atoms with Gasteiger partial charge in [0.1, 0.15) is 0 Å². The minimum absolute atomic E-state index is 0.779. The van der Waals surface area contributed by atoms with Crippen molar-refractivity contribution in [1.82, 2.24) is 15.1 Å². The fourth-order valence-corrected chi connectivity index (χ4v) is 2.43. The molecule has 1 heterocycles. The maximum atomic E-state index is 6.20. The SMILES string of the molecule is CNCCc1c(C)nn(-c2ccc(C)c(Cl)c2)c1C. The zero-order valence-electron chi connectivity index (χ0n) is 11.9. The first kappa shape index (κ1) is 14.1. The van der Waals surface area contributed by atoms with Gasteiger partial charge in [-0.05, 0) is 64.0 Å². The van der Waals surface area contributed by atoms with E-state index in [4.69, 9.17) is 11.6 Å². The van der Waals surface area contributed by atoms with Crippen molar-refractivity contribution in [3.63, 3.8) is 0 Å². The summed E-state index contributed by atoms with van der Waals surface area (Å²) in [6, 6.07) is 6.06. The van der Waals surface area contributed by atoms with Crippen LogP contribution in [0.25, 0.3) is 5.69 Å². The number of hydrogen-bond acceptors (Lipinski definition) is 2. The third-order valence-electron chi connectivity index (χ3n) is 3.47. The van der Waals surface area contributed by atoms with E-state index in [1.54, 1.807) is 0 Å². The lowest BCUT2D eigenvalue weighted by Crippen LogP contribution is -2.11. The maximum absolute atomic E-state index is 6.20. The normalized spacial score (nSPS) is 11.0. The van der Waals surface area contributed by atoms with E-state index in [1.165, 1.54) is 11.3 Å². The van der Waals surface area contributed by atoms with E-state index in [0.717, 1.165) is 34.9 Å². The lowest BCUT2D eigenvalue weighted by atomic mass is 10.1. The van der Waals surface area contributed by atoms with Crippen LogP contribution in [0.1, 0.15) is 22.5 Å². The third-order valence-corrected chi connectivity index (χ3v) is 3.87. The number of aromatic nitrogens is 2. The number of likely N-dealkylation sites (N-methyl/N-ethyl adjacent to an activating group) is 1. The summed E-state index contributed by atoms with van der Waals surface area (Å²) in [7, 11) is 1.97. The molecular formula is C15H20ClN3. The molecule has 3 nitrogen and oxygen atoms in total. The van der Waals surface area contributed by atoms with Crippen LogP contribution in [0.5, 0.6) is 0 Å². The van der Waals surface area contributed by atoms with Crippen molar-refractivity contribution in [2.24, 2.45) is 0 Å². The monoisotopic (exact) mass is 277 g/mol. The average molecular weight is 278 g/mol. The Hall–Kier alpha value is -1.32. The summed E-state index contributed by atoms with van der Waals surface area (Å²) in [6.07, 6.45) is 0.994. The second kappa shape index (κ2) is 5.76. The maximum Gasteiger partial charge on any atom is 0.0663 e. The van der Waals surface area contributed by atoms with Crippen LogP contribution in [0.2, 0.25) is 5.02 Å². The summed E-state index contributed by atoms with van der Waals surface area (Å²) >= 11 is 6.20. The largest absolute Gasteiger partial charge is 0.319 e. The van der Waals surface area contributed by atoms with Crippen molar-refractivity contribution < 1.29 is 0 Å². The molecule has 0 spiro atoms. The Bertz CT molecular complexity index is 587. The van der Waals surface area contributed by atoms with E-state index in [2.05, 4.69) is 30.3 Å². The van der Waals surface area contributed by atoms with Gasteiger partial charge >= 0.3 is 0 Å². The number of nitrogens with one attached hydrogen (secondary N) is 1. The molecule has 0 saturated heterocycles. The number of nitrogens with zero attached hydrogens (tertiary/aromatic N) is 2. The van der Waals surface area contributed by atoms with Crippen LogP contribution in [-0.4, -0.2) is 23.4 Å². The Morgan fingerprint density at radius 3 is 2.63 bits per heavy atom. The molecule has 0 aliphatic rings. The first-order valence-electron chi connectivity index (χ1n) is 6.50. The molecule has 0 saturated carbocycles. The van der Waals surface area contributed by atoms with Gasteiger partial charge in [0.05, 0.1) is 11.4 Å². The van der Waals surface area contributed by atoms with Crippen molar-refractivity contribution in [3.05, 3.63) is 45.7 Å². The molecule has 1 N–H and O–H groups in total. The first-order chi connectivity index (χ1) is 9.04. The molecule has 0 bridgehead atoms. The highest BCUT2D eigenvalue weighted by Gasteiger charge is 2.12. The van der Waals surface area contributed by atoms with E-state index >= 15 is 0 Å². The van der Waals surface area contributed by atoms with Gasteiger partial charge in [-0.2, -0.15) is 5.10 Å². The molecule has 2 aromatic rings.